The Kier molecular flexibility index (Phi) is 5.76. The minimum atomic E-state index is -0.313. The number of benzene rings is 1. The molecule has 2 heterocycles. The molecule has 6 heteroatoms. The summed E-state index contributed by atoms with van der Waals surface area (Å²) >= 11 is 0. The first-order valence-electron chi connectivity index (χ1n) is 8.94. The fourth-order valence-electron chi connectivity index (χ4n) is 2.66. The van der Waals surface area contributed by atoms with E-state index in [1.165, 1.54) is 12.3 Å². The van der Waals surface area contributed by atoms with Gasteiger partial charge in [0.2, 0.25) is 0 Å². The molecule has 0 saturated heterocycles. The van der Waals surface area contributed by atoms with Gasteiger partial charge in [-0.05, 0) is 36.6 Å². The molecule has 2 N–H and O–H groups in total. The lowest BCUT2D eigenvalue weighted by Gasteiger charge is -2.09. The first-order valence-corrected chi connectivity index (χ1v) is 8.94. The molecule has 0 bridgehead atoms. The van der Waals surface area contributed by atoms with Gasteiger partial charge in [0.15, 0.2) is 0 Å². The quantitative estimate of drug-likeness (QED) is 0.701. The molecule has 3 rings (SSSR count). The fraction of sp³-hybridized carbons (Fsp3) is 0.238. The van der Waals surface area contributed by atoms with Crippen LogP contribution in [0.4, 0.5) is 5.69 Å². The number of rotatable bonds is 6. The molecule has 0 aliphatic heterocycles. The summed E-state index contributed by atoms with van der Waals surface area (Å²) in [5.41, 5.74) is 1.93. The first kappa shape index (κ1) is 18.5. The van der Waals surface area contributed by atoms with Crippen LogP contribution in [0.3, 0.4) is 0 Å². The summed E-state index contributed by atoms with van der Waals surface area (Å²) in [6.45, 7) is 4.77. The van der Waals surface area contributed by atoms with E-state index in [4.69, 9.17) is 0 Å². The van der Waals surface area contributed by atoms with Crippen LogP contribution < -0.4 is 10.6 Å². The summed E-state index contributed by atoms with van der Waals surface area (Å²) in [4.78, 5) is 33.3. The van der Waals surface area contributed by atoms with Crippen molar-refractivity contribution in [3.8, 4) is 0 Å². The highest BCUT2D eigenvalue weighted by molar-refractivity contribution is 6.09. The van der Waals surface area contributed by atoms with Crippen molar-refractivity contribution in [2.75, 3.05) is 11.9 Å². The molecule has 0 radical (unpaired) electrons. The number of para-hydroxylation sites is 1. The molecule has 0 spiro atoms. The van der Waals surface area contributed by atoms with Gasteiger partial charge in [-0.3, -0.25) is 19.6 Å². The average molecular weight is 362 g/mol. The smallest absolute Gasteiger partial charge is 0.269 e. The van der Waals surface area contributed by atoms with Crippen LogP contribution in [0.15, 0.2) is 54.9 Å². The number of carbonyl (C=O) groups is 2. The monoisotopic (exact) mass is 362 g/mol. The third-order valence-electron chi connectivity index (χ3n) is 4.14. The third-order valence-corrected chi connectivity index (χ3v) is 4.14. The molecule has 0 unspecified atom stereocenters. The van der Waals surface area contributed by atoms with Gasteiger partial charge in [-0.25, -0.2) is 0 Å². The highest BCUT2D eigenvalue weighted by Gasteiger charge is 2.13. The number of nitrogens with one attached hydrogen (secondary N) is 2. The van der Waals surface area contributed by atoms with Gasteiger partial charge < -0.3 is 10.6 Å². The van der Waals surface area contributed by atoms with Crippen molar-refractivity contribution in [2.24, 2.45) is 5.92 Å². The maximum atomic E-state index is 12.6. The van der Waals surface area contributed by atoms with Gasteiger partial charge in [0, 0.05) is 29.9 Å². The number of pyridine rings is 2. The average Bonchev–Trinajstić information content (AvgIpc) is 2.68. The third kappa shape index (κ3) is 4.67. The highest BCUT2D eigenvalue weighted by atomic mass is 16.2. The molecule has 2 amide bonds. The van der Waals surface area contributed by atoms with E-state index in [1.54, 1.807) is 18.3 Å². The fourth-order valence-corrected chi connectivity index (χ4v) is 2.66. The summed E-state index contributed by atoms with van der Waals surface area (Å²) in [5.74, 6) is -0.0893. The van der Waals surface area contributed by atoms with E-state index in [9.17, 15) is 9.59 Å². The number of aromatic nitrogens is 2. The normalized spacial score (nSPS) is 10.8. The molecule has 3 aromatic rings. The van der Waals surface area contributed by atoms with E-state index in [1.807, 2.05) is 24.3 Å². The van der Waals surface area contributed by atoms with Crippen LogP contribution in [0.25, 0.3) is 10.9 Å². The van der Waals surface area contributed by atoms with Crippen LogP contribution in [0.1, 0.15) is 41.1 Å². The van der Waals surface area contributed by atoms with Crippen LogP contribution in [-0.2, 0) is 0 Å². The lowest BCUT2D eigenvalue weighted by Crippen LogP contribution is -2.26. The van der Waals surface area contributed by atoms with Gasteiger partial charge in [-0.1, -0.05) is 32.0 Å². The molecule has 27 heavy (non-hydrogen) atoms. The molecular formula is C21H22N4O2. The molecule has 0 saturated carbocycles. The first-order chi connectivity index (χ1) is 13.0. The van der Waals surface area contributed by atoms with Crippen LogP contribution >= 0.6 is 0 Å². The van der Waals surface area contributed by atoms with Crippen molar-refractivity contribution < 1.29 is 9.59 Å². The Bertz CT molecular complexity index is 964. The Labute approximate surface area is 158 Å². The molecule has 0 fully saturated rings. The number of nitrogens with zero attached hydrogens (tertiary/aromatic N) is 2. The number of anilines is 1. The van der Waals surface area contributed by atoms with Crippen LogP contribution in [-0.4, -0.2) is 28.3 Å². The Morgan fingerprint density at radius 2 is 1.81 bits per heavy atom. The van der Waals surface area contributed by atoms with E-state index in [0.717, 1.165) is 11.8 Å². The second-order valence-electron chi connectivity index (χ2n) is 6.70. The summed E-state index contributed by atoms with van der Waals surface area (Å²) in [7, 11) is 0. The highest BCUT2D eigenvalue weighted by Crippen LogP contribution is 2.21. The zero-order valence-corrected chi connectivity index (χ0v) is 15.4. The van der Waals surface area contributed by atoms with E-state index in [0.29, 0.717) is 29.2 Å². The van der Waals surface area contributed by atoms with Crippen molar-refractivity contribution in [1.29, 1.82) is 0 Å². The van der Waals surface area contributed by atoms with E-state index in [2.05, 4.69) is 34.4 Å². The Morgan fingerprint density at radius 1 is 1.00 bits per heavy atom. The van der Waals surface area contributed by atoms with E-state index in [-0.39, 0.29) is 17.5 Å². The molecule has 138 valence electrons. The summed E-state index contributed by atoms with van der Waals surface area (Å²) < 4.78 is 0. The van der Waals surface area contributed by atoms with E-state index >= 15 is 0 Å². The predicted octanol–water partition coefficient (Wildman–Crippen LogP) is 3.66. The van der Waals surface area contributed by atoms with Gasteiger partial charge in [-0.2, -0.15) is 0 Å². The number of carbonyl (C=O) groups excluding carboxylic acids is 2. The molecular weight excluding hydrogens is 340 g/mol. The predicted molar refractivity (Wildman–Crippen MR) is 106 cm³/mol. The number of amides is 2. The minimum Gasteiger partial charge on any atom is -0.351 e. The molecule has 0 aliphatic carbocycles. The number of hydrogen-bond donors (Lipinski definition) is 2. The van der Waals surface area contributed by atoms with Crippen LogP contribution in [0.2, 0.25) is 0 Å². The zero-order chi connectivity index (χ0) is 19.2. The summed E-state index contributed by atoms with van der Waals surface area (Å²) in [6, 6.07) is 12.5. The van der Waals surface area contributed by atoms with Gasteiger partial charge in [-0.15, -0.1) is 0 Å². The SMILES string of the molecule is CC(C)CCNC(=O)c1cc(C(=O)Nc2cccc3cccnc23)ccn1. The molecule has 6 nitrogen and oxygen atoms in total. The van der Waals surface area contributed by atoms with Crippen LogP contribution in [0.5, 0.6) is 0 Å². The largest absolute Gasteiger partial charge is 0.351 e. The maximum Gasteiger partial charge on any atom is 0.269 e. The van der Waals surface area contributed by atoms with Gasteiger partial charge in [0.05, 0.1) is 11.2 Å². The van der Waals surface area contributed by atoms with Crippen molar-refractivity contribution in [1.82, 2.24) is 15.3 Å². The zero-order valence-electron chi connectivity index (χ0n) is 15.4. The van der Waals surface area contributed by atoms with E-state index < -0.39 is 0 Å². The number of fused-ring (bicyclic) bond motifs is 1. The van der Waals surface area contributed by atoms with Crippen molar-refractivity contribution in [3.05, 3.63) is 66.1 Å². The second-order valence-corrected chi connectivity index (χ2v) is 6.70. The lowest BCUT2D eigenvalue weighted by molar-refractivity contribution is 0.0947. The topological polar surface area (TPSA) is 84.0 Å². The maximum absolute atomic E-state index is 12.6. The van der Waals surface area contributed by atoms with Crippen molar-refractivity contribution in [2.45, 2.75) is 20.3 Å². The number of hydrogen-bond acceptors (Lipinski definition) is 4. The Hall–Kier alpha value is -3.28. The lowest BCUT2D eigenvalue weighted by atomic mass is 10.1. The Balaban J connectivity index is 1.74. The van der Waals surface area contributed by atoms with Gasteiger partial charge >= 0.3 is 0 Å². The Morgan fingerprint density at radius 3 is 2.63 bits per heavy atom. The van der Waals surface area contributed by atoms with Crippen molar-refractivity contribution >= 4 is 28.4 Å². The standard InChI is InChI=1S/C21H22N4O2/c1-14(2)8-11-24-21(27)18-13-16(9-12-22-18)20(26)25-17-7-3-5-15-6-4-10-23-19(15)17/h3-7,9-10,12-14H,8,11H2,1-2H3,(H,24,27)(H,25,26). The van der Waals surface area contributed by atoms with Crippen LogP contribution in [0, 0.1) is 5.92 Å². The summed E-state index contributed by atoms with van der Waals surface area (Å²) in [5, 5.41) is 6.63. The van der Waals surface area contributed by atoms with Gasteiger partial charge in [0.25, 0.3) is 11.8 Å². The molecule has 2 aromatic heterocycles. The second kappa shape index (κ2) is 8.40. The summed E-state index contributed by atoms with van der Waals surface area (Å²) in [6.07, 6.45) is 4.04. The minimum absolute atomic E-state index is 0.224. The van der Waals surface area contributed by atoms with Gasteiger partial charge in [0.1, 0.15) is 5.69 Å². The molecule has 0 atom stereocenters. The molecule has 1 aromatic carbocycles. The van der Waals surface area contributed by atoms with Crippen molar-refractivity contribution in [3.63, 3.8) is 0 Å². The molecule has 0 aliphatic rings.